The molecule has 3 aromatic rings. The maximum Gasteiger partial charge on any atom is 0.314 e. The topological polar surface area (TPSA) is 89.1 Å². The lowest BCUT2D eigenvalue weighted by atomic mass is 10.1. The number of hydrogen-bond acceptors (Lipinski definition) is 6. The van der Waals surface area contributed by atoms with Crippen LogP contribution in [0.25, 0.3) is 22.4 Å². The Morgan fingerprint density at radius 1 is 1.25 bits per heavy atom. The highest BCUT2D eigenvalue weighted by Crippen LogP contribution is 2.28. The Labute approximate surface area is 117 Å². The maximum absolute atomic E-state index is 10.5. The molecule has 2 aromatic heterocycles. The lowest BCUT2D eigenvalue weighted by Crippen LogP contribution is -1.97. The minimum Gasteiger partial charge on any atom is -0.481 e. The Hall–Kier alpha value is -2.41. The van der Waals surface area contributed by atoms with E-state index >= 15 is 0 Å². The fourth-order valence-corrected chi connectivity index (χ4v) is 2.27. The molecule has 0 amide bonds. The molecule has 1 N–H and O–H groups in total. The molecule has 0 fully saturated rings. The molecule has 0 spiro atoms. The number of aliphatic carboxylic acids is 1. The van der Waals surface area contributed by atoms with E-state index in [0.717, 1.165) is 28.2 Å². The predicted molar refractivity (Wildman–Crippen MR) is 73.4 cm³/mol. The summed E-state index contributed by atoms with van der Waals surface area (Å²) in [5.74, 6) is -0.681. The van der Waals surface area contributed by atoms with Crippen LogP contribution in [-0.4, -0.2) is 32.0 Å². The van der Waals surface area contributed by atoms with Gasteiger partial charge in [0.05, 0.1) is 5.52 Å². The van der Waals surface area contributed by atoms with E-state index in [1.165, 1.54) is 0 Å². The van der Waals surface area contributed by atoms with Crippen molar-refractivity contribution in [1.82, 2.24) is 15.2 Å². The number of aromatic nitrogens is 3. The first-order chi connectivity index (χ1) is 9.74. The third-order valence-corrected chi connectivity index (χ3v) is 3.40. The summed E-state index contributed by atoms with van der Waals surface area (Å²) in [7, 11) is 0. The number of carboxylic acid groups (broad SMARTS) is 1. The van der Waals surface area contributed by atoms with Crippen LogP contribution >= 0.6 is 11.8 Å². The van der Waals surface area contributed by atoms with E-state index < -0.39 is 5.97 Å². The van der Waals surface area contributed by atoms with E-state index in [1.54, 1.807) is 6.20 Å². The summed E-state index contributed by atoms with van der Waals surface area (Å²) in [6.07, 6.45) is 1.72. The Morgan fingerprint density at radius 2 is 2.15 bits per heavy atom. The van der Waals surface area contributed by atoms with Gasteiger partial charge < -0.3 is 9.52 Å². The van der Waals surface area contributed by atoms with Gasteiger partial charge in [0.15, 0.2) is 0 Å². The molecule has 0 aliphatic rings. The third-order valence-electron chi connectivity index (χ3n) is 2.60. The third kappa shape index (κ3) is 2.48. The van der Waals surface area contributed by atoms with E-state index in [4.69, 9.17) is 9.52 Å². The zero-order valence-electron chi connectivity index (χ0n) is 10.2. The van der Waals surface area contributed by atoms with Gasteiger partial charge in [-0.05, 0) is 18.2 Å². The molecule has 0 atom stereocenters. The van der Waals surface area contributed by atoms with Gasteiger partial charge in [0.25, 0.3) is 5.22 Å². The average molecular weight is 287 g/mol. The van der Waals surface area contributed by atoms with Crippen molar-refractivity contribution in [1.29, 1.82) is 0 Å². The minimum absolute atomic E-state index is 0.112. The van der Waals surface area contributed by atoms with Gasteiger partial charge in [0.1, 0.15) is 5.75 Å². The van der Waals surface area contributed by atoms with Crippen LogP contribution in [0, 0.1) is 0 Å². The lowest BCUT2D eigenvalue weighted by molar-refractivity contribution is -0.133. The molecule has 6 nitrogen and oxygen atoms in total. The Morgan fingerprint density at radius 3 is 3.00 bits per heavy atom. The molecule has 0 radical (unpaired) electrons. The smallest absolute Gasteiger partial charge is 0.314 e. The van der Waals surface area contributed by atoms with Crippen molar-refractivity contribution in [2.24, 2.45) is 0 Å². The fraction of sp³-hybridized carbons (Fsp3) is 0.0769. The van der Waals surface area contributed by atoms with E-state index in [2.05, 4.69) is 15.2 Å². The van der Waals surface area contributed by atoms with Gasteiger partial charge >= 0.3 is 5.97 Å². The standard InChI is InChI=1S/C13H9N3O3S/c17-11(18)7-20-13-16-15-12(19-13)9-3-1-5-10-8(9)4-2-6-14-10/h1-6H,7H2,(H,17,18). The van der Waals surface area contributed by atoms with Crippen LogP contribution in [0.1, 0.15) is 0 Å². The van der Waals surface area contributed by atoms with Crippen LogP contribution < -0.4 is 0 Å². The van der Waals surface area contributed by atoms with Gasteiger partial charge in [-0.3, -0.25) is 9.78 Å². The van der Waals surface area contributed by atoms with Crippen molar-refractivity contribution >= 4 is 28.6 Å². The molecule has 0 unspecified atom stereocenters. The van der Waals surface area contributed by atoms with Crippen LogP contribution in [0.15, 0.2) is 46.2 Å². The fourth-order valence-electron chi connectivity index (χ4n) is 1.79. The van der Waals surface area contributed by atoms with Crippen LogP contribution in [0.3, 0.4) is 0 Å². The SMILES string of the molecule is O=C(O)CSc1nnc(-c2cccc3ncccc23)o1. The molecule has 20 heavy (non-hydrogen) atoms. The number of hydrogen-bond donors (Lipinski definition) is 1. The molecule has 0 aliphatic heterocycles. The van der Waals surface area contributed by atoms with E-state index in [9.17, 15) is 4.79 Å². The number of thioether (sulfide) groups is 1. The summed E-state index contributed by atoms with van der Waals surface area (Å²) in [6.45, 7) is 0. The van der Waals surface area contributed by atoms with Crippen molar-refractivity contribution in [2.75, 3.05) is 5.75 Å². The molecule has 100 valence electrons. The number of carbonyl (C=O) groups is 1. The van der Waals surface area contributed by atoms with E-state index in [1.807, 2.05) is 30.3 Å². The Kier molecular flexibility index (Phi) is 3.34. The summed E-state index contributed by atoms with van der Waals surface area (Å²) in [4.78, 5) is 14.8. The summed E-state index contributed by atoms with van der Waals surface area (Å²) < 4.78 is 5.48. The molecule has 0 saturated carbocycles. The molecular formula is C13H9N3O3S. The van der Waals surface area contributed by atoms with Crippen LogP contribution in [0.2, 0.25) is 0 Å². The lowest BCUT2D eigenvalue weighted by Gasteiger charge is -2.00. The molecular weight excluding hydrogens is 278 g/mol. The highest BCUT2D eigenvalue weighted by Gasteiger charge is 2.13. The average Bonchev–Trinajstić information content (AvgIpc) is 2.93. The second-order valence-corrected chi connectivity index (χ2v) is 4.86. The number of benzene rings is 1. The molecule has 3 rings (SSSR count). The Bertz CT molecular complexity index is 767. The van der Waals surface area contributed by atoms with Gasteiger partial charge in [-0.25, -0.2) is 0 Å². The van der Waals surface area contributed by atoms with Gasteiger partial charge in [-0.1, -0.05) is 23.9 Å². The predicted octanol–water partition coefficient (Wildman–Crippen LogP) is 2.46. The number of carboxylic acids is 1. The molecule has 7 heteroatoms. The summed E-state index contributed by atoms with van der Waals surface area (Å²) in [6, 6.07) is 9.38. The van der Waals surface area contributed by atoms with Crippen molar-refractivity contribution in [3.8, 4) is 11.5 Å². The van der Waals surface area contributed by atoms with Crippen molar-refractivity contribution in [3.63, 3.8) is 0 Å². The van der Waals surface area contributed by atoms with Gasteiger partial charge in [-0.2, -0.15) is 0 Å². The minimum atomic E-state index is -0.927. The molecule has 0 saturated heterocycles. The van der Waals surface area contributed by atoms with Crippen molar-refractivity contribution in [2.45, 2.75) is 5.22 Å². The van der Waals surface area contributed by atoms with Gasteiger partial charge in [0, 0.05) is 17.1 Å². The van der Waals surface area contributed by atoms with Crippen LogP contribution in [0.4, 0.5) is 0 Å². The van der Waals surface area contributed by atoms with Crippen LogP contribution in [0.5, 0.6) is 0 Å². The highest BCUT2D eigenvalue weighted by molar-refractivity contribution is 7.99. The first kappa shape index (κ1) is 12.6. The second-order valence-electron chi connectivity index (χ2n) is 3.93. The summed E-state index contributed by atoms with van der Waals surface area (Å²) in [5, 5.41) is 17.6. The molecule has 1 aromatic carbocycles. The zero-order chi connectivity index (χ0) is 13.9. The van der Waals surface area contributed by atoms with Crippen molar-refractivity contribution in [3.05, 3.63) is 36.5 Å². The summed E-state index contributed by atoms with van der Waals surface area (Å²) >= 11 is 0.994. The molecule has 0 bridgehead atoms. The van der Waals surface area contributed by atoms with Crippen molar-refractivity contribution < 1.29 is 14.3 Å². The Balaban J connectivity index is 1.97. The number of nitrogens with zero attached hydrogens (tertiary/aromatic N) is 3. The van der Waals surface area contributed by atoms with Gasteiger partial charge in [-0.15, -0.1) is 10.2 Å². The normalized spacial score (nSPS) is 10.8. The number of fused-ring (bicyclic) bond motifs is 1. The molecule has 2 heterocycles. The van der Waals surface area contributed by atoms with Crippen LogP contribution in [-0.2, 0) is 4.79 Å². The number of rotatable bonds is 4. The first-order valence-electron chi connectivity index (χ1n) is 5.76. The summed E-state index contributed by atoms with van der Waals surface area (Å²) in [5.41, 5.74) is 1.62. The zero-order valence-corrected chi connectivity index (χ0v) is 11.0. The largest absolute Gasteiger partial charge is 0.481 e. The van der Waals surface area contributed by atoms with Gasteiger partial charge in [0.2, 0.25) is 5.89 Å². The monoisotopic (exact) mass is 287 g/mol. The van der Waals surface area contributed by atoms with E-state index in [0.29, 0.717) is 5.89 Å². The number of pyridine rings is 1. The first-order valence-corrected chi connectivity index (χ1v) is 6.75. The maximum atomic E-state index is 10.5. The quantitative estimate of drug-likeness (QED) is 0.737. The molecule has 0 aliphatic carbocycles. The highest BCUT2D eigenvalue weighted by atomic mass is 32.2. The second kappa shape index (κ2) is 5.30. The van der Waals surface area contributed by atoms with E-state index in [-0.39, 0.29) is 11.0 Å².